The Labute approximate surface area is 160 Å². The summed E-state index contributed by atoms with van der Waals surface area (Å²) < 4.78 is 21.0. The van der Waals surface area contributed by atoms with Crippen molar-refractivity contribution in [2.75, 3.05) is 33.8 Å². The van der Waals surface area contributed by atoms with Crippen LogP contribution in [-0.2, 0) is 11.2 Å². The zero-order chi connectivity index (χ0) is 19.6. The SMILES string of the molecule is COc1ccc(CCCCC(=O)Nc2cc(OC)c(OC)c(OC)c2)cc1. The van der Waals surface area contributed by atoms with E-state index in [9.17, 15) is 4.79 Å². The van der Waals surface area contributed by atoms with Crippen molar-refractivity contribution >= 4 is 11.6 Å². The van der Waals surface area contributed by atoms with Crippen LogP contribution in [0.4, 0.5) is 5.69 Å². The number of methoxy groups -OCH3 is 4. The predicted octanol–water partition coefficient (Wildman–Crippen LogP) is 4.07. The van der Waals surface area contributed by atoms with Crippen molar-refractivity contribution in [1.82, 2.24) is 0 Å². The molecule has 0 saturated carbocycles. The first-order valence-electron chi connectivity index (χ1n) is 8.84. The fourth-order valence-corrected chi connectivity index (χ4v) is 2.78. The molecule has 0 heterocycles. The summed E-state index contributed by atoms with van der Waals surface area (Å²) in [7, 11) is 6.28. The standard InChI is InChI=1S/C21H27NO5/c1-24-17-11-9-15(10-12-17)7-5-6-8-20(23)22-16-13-18(25-2)21(27-4)19(14-16)26-3/h9-14H,5-8H2,1-4H3,(H,22,23). The van der Waals surface area contributed by atoms with Crippen LogP contribution < -0.4 is 24.3 Å². The molecule has 146 valence electrons. The maximum atomic E-state index is 12.2. The summed E-state index contributed by atoms with van der Waals surface area (Å²) in [5.74, 6) is 2.32. The molecule has 1 N–H and O–H groups in total. The number of benzene rings is 2. The molecule has 6 nitrogen and oxygen atoms in total. The van der Waals surface area contributed by atoms with Gasteiger partial charge in [-0.25, -0.2) is 0 Å². The van der Waals surface area contributed by atoms with Crippen LogP contribution in [0.3, 0.4) is 0 Å². The molecule has 0 bridgehead atoms. The molecule has 2 rings (SSSR count). The van der Waals surface area contributed by atoms with Crippen LogP contribution in [-0.4, -0.2) is 34.3 Å². The first kappa shape index (κ1) is 20.4. The van der Waals surface area contributed by atoms with Crippen LogP contribution in [0, 0.1) is 0 Å². The zero-order valence-corrected chi connectivity index (χ0v) is 16.3. The van der Waals surface area contributed by atoms with Crippen LogP contribution in [0.2, 0.25) is 0 Å². The fraction of sp³-hybridized carbons (Fsp3) is 0.381. The number of carbonyl (C=O) groups excluding carboxylic acids is 1. The Morgan fingerprint density at radius 2 is 1.48 bits per heavy atom. The summed E-state index contributed by atoms with van der Waals surface area (Å²) in [6.45, 7) is 0. The molecule has 0 aliphatic heterocycles. The van der Waals surface area contributed by atoms with Crippen molar-refractivity contribution in [3.63, 3.8) is 0 Å². The summed E-state index contributed by atoms with van der Waals surface area (Å²) in [5, 5.41) is 2.89. The molecular formula is C21H27NO5. The highest BCUT2D eigenvalue weighted by atomic mass is 16.5. The van der Waals surface area contributed by atoms with E-state index in [-0.39, 0.29) is 5.91 Å². The van der Waals surface area contributed by atoms with Gasteiger partial charge in [0, 0.05) is 24.2 Å². The molecule has 0 saturated heterocycles. The van der Waals surface area contributed by atoms with E-state index >= 15 is 0 Å². The lowest BCUT2D eigenvalue weighted by molar-refractivity contribution is -0.116. The quantitative estimate of drug-likeness (QED) is 0.636. The molecule has 0 atom stereocenters. The first-order chi connectivity index (χ1) is 13.1. The van der Waals surface area contributed by atoms with Gasteiger partial charge in [-0.1, -0.05) is 12.1 Å². The topological polar surface area (TPSA) is 66.0 Å². The van der Waals surface area contributed by atoms with E-state index < -0.39 is 0 Å². The number of nitrogens with one attached hydrogen (secondary N) is 1. The molecule has 0 aromatic heterocycles. The minimum Gasteiger partial charge on any atom is -0.497 e. The largest absolute Gasteiger partial charge is 0.497 e. The Morgan fingerprint density at radius 3 is 2.00 bits per heavy atom. The lowest BCUT2D eigenvalue weighted by Gasteiger charge is -2.14. The molecule has 27 heavy (non-hydrogen) atoms. The molecule has 6 heteroatoms. The first-order valence-corrected chi connectivity index (χ1v) is 8.84. The van der Waals surface area contributed by atoms with E-state index in [1.54, 1.807) is 40.6 Å². The second-order valence-electron chi connectivity index (χ2n) is 6.02. The van der Waals surface area contributed by atoms with E-state index in [0.29, 0.717) is 29.4 Å². The minimum absolute atomic E-state index is 0.0426. The van der Waals surface area contributed by atoms with Gasteiger partial charge < -0.3 is 24.3 Å². The number of ether oxygens (including phenoxy) is 4. The summed E-state index contributed by atoms with van der Waals surface area (Å²) in [6, 6.07) is 11.4. The van der Waals surface area contributed by atoms with E-state index in [2.05, 4.69) is 17.4 Å². The Morgan fingerprint density at radius 1 is 0.852 bits per heavy atom. The number of unbranched alkanes of at least 4 members (excludes halogenated alkanes) is 1. The van der Waals surface area contributed by atoms with Gasteiger partial charge in [-0.15, -0.1) is 0 Å². The fourth-order valence-electron chi connectivity index (χ4n) is 2.78. The van der Waals surface area contributed by atoms with Gasteiger partial charge in [0.2, 0.25) is 11.7 Å². The maximum absolute atomic E-state index is 12.2. The Balaban J connectivity index is 1.84. The number of rotatable bonds is 10. The molecule has 0 unspecified atom stereocenters. The molecule has 2 aromatic rings. The third kappa shape index (κ3) is 5.81. The smallest absolute Gasteiger partial charge is 0.224 e. The second kappa shape index (κ2) is 10.3. The van der Waals surface area contributed by atoms with Crippen molar-refractivity contribution in [3.8, 4) is 23.0 Å². The lowest BCUT2D eigenvalue weighted by atomic mass is 10.1. The second-order valence-corrected chi connectivity index (χ2v) is 6.02. The Kier molecular flexibility index (Phi) is 7.79. The van der Waals surface area contributed by atoms with E-state index in [1.807, 2.05) is 12.1 Å². The molecule has 1 amide bonds. The Hall–Kier alpha value is -2.89. The molecule has 0 aliphatic rings. The number of hydrogen-bond donors (Lipinski definition) is 1. The number of anilines is 1. The highest BCUT2D eigenvalue weighted by Gasteiger charge is 2.14. The summed E-state index contributed by atoms with van der Waals surface area (Å²) in [4.78, 5) is 12.2. The van der Waals surface area contributed by atoms with E-state index in [0.717, 1.165) is 25.0 Å². The highest BCUT2D eigenvalue weighted by molar-refractivity contribution is 5.91. The van der Waals surface area contributed by atoms with Gasteiger partial charge in [-0.3, -0.25) is 4.79 Å². The van der Waals surface area contributed by atoms with Crippen LogP contribution in [0.15, 0.2) is 36.4 Å². The van der Waals surface area contributed by atoms with Gasteiger partial charge in [-0.2, -0.15) is 0 Å². The van der Waals surface area contributed by atoms with Crippen LogP contribution in [0.5, 0.6) is 23.0 Å². The van der Waals surface area contributed by atoms with Gasteiger partial charge in [-0.05, 0) is 37.0 Å². The molecular weight excluding hydrogens is 346 g/mol. The number of amides is 1. The lowest BCUT2D eigenvalue weighted by Crippen LogP contribution is -2.11. The molecule has 0 aliphatic carbocycles. The monoisotopic (exact) mass is 373 g/mol. The zero-order valence-electron chi connectivity index (χ0n) is 16.3. The average molecular weight is 373 g/mol. The summed E-state index contributed by atoms with van der Waals surface area (Å²) in [6.07, 6.45) is 3.13. The molecule has 2 aromatic carbocycles. The third-order valence-electron chi connectivity index (χ3n) is 4.23. The van der Waals surface area contributed by atoms with Crippen molar-refractivity contribution in [2.45, 2.75) is 25.7 Å². The number of carbonyl (C=O) groups is 1. The van der Waals surface area contributed by atoms with E-state index in [4.69, 9.17) is 18.9 Å². The minimum atomic E-state index is -0.0426. The molecule has 0 spiro atoms. The summed E-state index contributed by atoms with van der Waals surface area (Å²) >= 11 is 0. The van der Waals surface area contributed by atoms with Crippen molar-refractivity contribution < 1.29 is 23.7 Å². The number of aryl methyl sites for hydroxylation is 1. The van der Waals surface area contributed by atoms with Crippen molar-refractivity contribution in [1.29, 1.82) is 0 Å². The average Bonchev–Trinajstić information content (AvgIpc) is 2.70. The van der Waals surface area contributed by atoms with Gasteiger partial charge in [0.25, 0.3) is 0 Å². The van der Waals surface area contributed by atoms with E-state index in [1.165, 1.54) is 5.56 Å². The van der Waals surface area contributed by atoms with Crippen LogP contribution in [0.1, 0.15) is 24.8 Å². The molecule has 0 radical (unpaired) electrons. The van der Waals surface area contributed by atoms with Crippen molar-refractivity contribution in [3.05, 3.63) is 42.0 Å². The van der Waals surface area contributed by atoms with Crippen LogP contribution >= 0.6 is 0 Å². The van der Waals surface area contributed by atoms with Gasteiger partial charge in [0.1, 0.15) is 5.75 Å². The summed E-state index contributed by atoms with van der Waals surface area (Å²) in [5.41, 5.74) is 1.85. The number of hydrogen-bond acceptors (Lipinski definition) is 5. The van der Waals surface area contributed by atoms with Gasteiger partial charge in [0.15, 0.2) is 11.5 Å². The highest BCUT2D eigenvalue weighted by Crippen LogP contribution is 2.39. The molecule has 0 fully saturated rings. The van der Waals surface area contributed by atoms with Gasteiger partial charge >= 0.3 is 0 Å². The van der Waals surface area contributed by atoms with Crippen LogP contribution in [0.25, 0.3) is 0 Å². The predicted molar refractivity (Wildman–Crippen MR) is 105 cm³/mol. The third-order valence-corrected chi connectivity index (χ3v) is 4.23. The van der Waals surface area contributed by atoms with Gasteiger partial charge in [0.05, 0.1) is 28.4 Å². The normalized spacial score (nSPS) is 10.2. The Bertz CT molecular complexity index is 718. The van der Waals surface area contributed by atoms with Crippen molar-refractivity contribution in [2.24, 2.45) is 0 Å². The maximum Gasteiger partial charge on any atom is 0.224 e.